The van der Waals surface area contributed by atoms with Gasteiger partial charge in [-0.05, 0) is 37.8 Å². The minimum absolute atomic E-state index is 0.104. The average molecular weight is 412 g/mol. The van der Waals surface area contributed by atoms with Crippen molar-refractivity contribution < 1.29 is 14.7 Å². The summed E-state index contributed by atoms with van der Waals surface area (Å²) < 4.78 is 1.63. The van der Waals surface area contributed by atoms with E-state index in [1.165, 1.54) is 0 Å². The number of carboxylic acids is 1. The van der Waals surface area contributed by atoms with Crippen molar-refractivity contribution in [1.82, 2.24) is 24.6 Å². The number of pyridine rings is 1. The third-order valence-corrected chi connectivity index (χ3v) is 5.78. The second-order valence-corrected chi connectivity index (χ2v) is 7.95. The first-order chi connectivity index (χ1) is 14.5. The first-order valence-electron chi connectivity index (χ1n) is 10.5. The second-order valence-electron chi connectivity index (χ2n) is 7.95. The van der Waals surface area contributed by atoms with Gasteiger partial charge in [-0.15, -0.1) is 0 Å². The van der Waals surface area contributed by atoms with Crippen LogP contribution < -0.4 is 5.32 Å². The molecule has 2 aliphatic rings. The molecule has 9 heteroatoms. The molecule has 0 radical (unpaired) electrons. The summed E-state index contributed by atoms with van der Waals surface area (Å²) in [6.45, 7) is 2.77. The number of carbonyl (C=O) groups excluding carboxylic acids is 1. The highest BCUT2D eigenvalue weighted by Gasteiger charge is 2.35. The van der Waals surface area contributed by atoms with E-state index in [4.69, 9.17) is 4.98 Å². The highest BCUT2D eigenvalue weighted by Crippen LogP contribution is 2.28. The molecule has 2 aliphatic heterocycles. The van der Waals surface area contributed by atoms with E-state index < -0.39 is 12.0 Å². The van der Waals surface area contributed by atoms with Gasteiger partial charge in [-0.3, -0.25) is 14.5 Å². The van der Waals surface area contributed by atoms with Gasteiger partial charge in [0.15, 0.2) is 0 Å². The number of aliphatic carboxylic acids is 1. The standard InChI is InChI=1S/C21H28N6O3/c1-25-14-15(13-23-25)19(12-20(28)29)27-11-10-26(21(27)30)9-3-4-16-6-7-17-18(24-16)5-2-8-22-17/h6-7,13-14,19,22H,2-5,8-12H2,1H3,(H,28,29)/t19-/m0/s1. The van der Waals surface area contributed by atoms with Crippen molar-refractivity contribution in [1.29, 1.82) is 0 Å². The summed E-state index contributed by atoms with van der Waals surface area (Å²) in [4.78, 5) is 32.6. The van der Waals surface area contributed by atoms with Crippen LogP contribution in [0.3, 0.4) is 0 Å². The van der Waals surface area contributed by atoms with Gasteiger partial charge in [0, 0.05) is 50.7 Å². The summed E-state index contributed by atoms with van der Waals surface area (Å²) in [6.07, 6.45) is 7.05. The van der Waals surface area contributed by atoms with Crippen molar-refractivity contribution >= 4 is 17.7 Å². The van der Waals surface area contributed by atoms with Gasteiger partial charge in [0.05, 0.1) is 30.0 Å². The second kappa shape index (κ2) is 8.73. The van der Waals surface area contributed by atoms with Crippen LogP contribution >= 0.6 is 0 Å². The van der Waals surface area contributed by atoms with Crippen molar-refractivity contribution in [2.75, 3.05) is 31.5 Å². The zero-order chi connectivity index (χ0) is 21.1. The molecule has 0 unspecified atom stereocenters. The molecule has 4 heterocycles. The van der Waals surface area contributed by atoms with Crippen molar-refractivity contribution in [3.63, 3.8) is 0 Å². The maximum atomic E-state index is 13.0. The molecule has 0 spiro atoms. The van der Waals surface area contributed by atoms with Gasteiger partial charge in [0.1, 0.15) is 0 Å². The van der Waals surface area contributed by atoms with Gasteiger partial charge in [-0.25, -0.2) is 4.79 Å². The number of nitrogens with one attached hydrogen (secondary N) is 1. The number of aromatic nitrogens is 3. The molecule has 0 aromatic carbocycles. The minimum Gasteiger partial charge on any atom is -0.481 e. The number of hydrogen-bond acceptors (Lipinski definition) is 5. The fourth-order valence-corrected chi connectivity index (χ4v) is 4.25. The van der Waals surface area contributed by atoms with E-state index in [9.17, 15) is 14.7 Å². The molecule has 1 atom stereocenters. The molecule has 9 nitrogen and oxygen atoms in total. The van der Waals surface area contributed by atoms with Crippen molar-refractivity contribution in [2.24, 2.45) is 7.05 Å². The Bertz CT molecular complexity index is 927. The van der Waals surface area contributed by atoms with Crippen LogP contribution in [0, 0.1) is 0 Å². The molecule has 1 fully saturated rings. The van der Waals surface area contributed by atoms with E-state index in [1.54, 1.807) is 29.0 Å². The molecular formula is C21H28N6O3. The van der Waals surface area contributed by atoms with E-state index >= 15 is 0 Å². The number of amides is 2. The number of nitrogens with zero attached hydrogens (tertiary/aromatic N) is 5. The number of hydrogen-bond donors (Lipinski definition) is 2. The van der Waals surface area contributed by atoms with Crippen LogP contribution in [-0.2, 0) is 24.7 Å². The Hall–Kier alpha value is -3.10. The van der Waals surface area contributed by atoms with Gasteiger partial charge in [-0.2, -0.15) is 5.10 Å². The number of aryl methyl sites for hydroxylation is 3. The molecule has 2 N–H and O–H groups in total. The lowest BCUT2D eigenvalue weighted by molar-refractivity contribution is -0.138. The number of rotatable bonds is 8. The van der Waals surface area contributed by atoms with Gasteiger partial charge < -0.3 is 20.2 Å². The Morgan fingerprint density at radius 3 is 2.97 bits per heavy atom. The summed E-state index contributed by atoms with van der Waals surface area (Å²) in [5.41, 5.74) is 4.08. The molecule has 30 heavy (non-hydrogen) atoms. The van der Waals surface area contributed by atoms with Crippen molar-refractivity contribution in [2.45, 2.75) is 38.1 Å². The van der Waals surface area contributed by atoms with Gasteiger partial charge in [0.2, 0.25) is 0 Å². The Morgan fingerprint density at radius 1 is 1.33 bits per heavy atom. The van der Waals surface area contributed by atoms with Gasteiger partial charge in [-0.1, -0.05) is 0 Å². The molecule has 0 bridgehead atoms. The Kier molecular flexibility index (Phi) is 5.87. The van der Waals surface area contributed by atoms with Crippen LogP contribution in [0.4, 0.5) is 10.5 Å². The number of anilines is 1. The molecule has 1 saturated heterocycles. The molecule has 2 amide bonds. The summed E-state index contributed by atoms with van der Waals surface area (Å²) >= 11 is 0. The molecule has 0 aliphatic carbocycles. The van der Waals surface area contributed by atoms with Crippen LogP contribution in [0.25, 0.3) is 0 Å². The third-order valence-electron chi connectivity index (χ3n) is 5.78. The van der Waals surface area contributed by atoms with E-state index in [-0.39, 0.29) is 12.5 Å². The summed E-state index contributed by atoms with van der Waals surface area (Å²) in [7, 11) is 1.78. The first kappa shape index (κ1) is 20.2. The SMILES string of the molecule is Cn1cc([C@H](CC(=O)O)N2CCN(CCCc3ccc4c(n3)CCCN4)C2=O)cn1. The maximum Gasteiger partial charge on any atom is 0.320 e. The lowest BCUT2D eigenvalue weighted by Gasteiger charge is -2.26. The molecule has 0 saturated carbocycles. The third kappa shape index (κ3) is 4.39. The van der Waals surface area contributed by atoms with Crippen LogP contribution in [0.1, 0.15) is 42.3 Å². The predicted molar refractivity (Wildman–Crippen MR) is 111 cm³/mol. The minimum atomic E-state index is -0.928. The lowest BCUT2D eigenvalue weighted by Crippen LogP contribution is -2.36. The van der Waals surface area contributed by atoms with E-state index in [1.807, 2.05) is 4.90 Å². The highest BCUT2D eigenvalue weighted by atomic mass is 16.4. The number of carboxylic acid groups (broad SMARTS) is 1. The summed E-state index contributed by atoms with van der Waals surface area (Å²) in [6, 6.07) is 3.56. The average Bonchev–Trinajstić information content (AvgIpc) is 3.32. The smallest absolute Gasteiger partial charge is 0.320 e. The van der Waals surface area contributed by atoms with Crippen LogP contribution in [0.5, 0.6) is 0 Å². The molecule has 2 aromatic heterocycles. The maximum absolute atomic E-state index is 13.0. The van der Waals surface area contributed by atoms with Crippen LogP contribution in [0.2, 0.25) is 0 Å². The van der Waals surface area contributed by atoms with Gasteiger partial charge in [0.25, 0.3) is 0 Å². The lowest BCUT2D eigenvalue weighted by atomic mass is 10.1. The highest BCUT2D eigenvalue weighted by molar-refractivity contribution is 5.78. The quantitative estimate of drug-likeness (QED) is 0.688. The predicted octanol–water partition coefficient (Wildman–Crippen LogP) is 2.06. The van der Waals surface area contributed by atoms with Crippen molar-refractivity contribution in [3.8, 4) is 0 Å². The molecule has 160 valence electrons. The first-order valence-corrected chi connectivity index (χ1v) is 10.5. The zero-order valence-corrected chi connectivity index (χ0v) is 17.3. The fourth-order valence-electron chi connectivity index (χ4n) is 4.25. The summed E-state index contributed by atoms with van der Waals surface area (Å²) in [5, 5.41) is 16.8. The van der Waals surface area contributed by atoms with Crippen LogP contribution in [0.15, 0.2) is 24.5 Å². The summed E-state index contributed by atoms with van der Waals surface area (Å²) in [5.74, 6) is -0.928. The number of urea groups is 1. The normalized spacial score (nSPS) is 17.0. The van der Waals surface area contributed by atoms with Crippen molar-refractivity contribution in [3.05, 3.63) is 41.5 Å². The number of carbonyl (C=O) groups is 2. The Labute approximate surface area is 175 Å². The van der Waals surface area contributed by atoms with Gasteiger partial charge >= 0.3 is 12.0 Å². The largest absolute Gasteiger partial charge is 0.481 e. The number of fused-ring (bicyclic) bond motifs is 1. The van der Waals surface area contributed by atoms with Crippen LogP contribution in [-0.4, -0.2) is 67.9 Å². The molecular weight excluding hydrogens is 384 g/mol. The topological polar surface area (TPSA) is 104 Å². The molecule has 2 aromatic rings. The Balaban J connectivity index is 1.35. The fraction of sp³-hybridized carbons (Fsp3) is 0.524. The monoisotopic (exact) mass is 412 g/mol. The van der Waals surface area contributed by atoms with E-state index in [2.05, 4.69) is 22.5 Å². The molecule has 4 rings (SSSR count). The Morgan fingerprint density at radius 2 is 2.20 bits per heavy atom. The zero-order valence-electron chi connectivity index (χ0n) is 17.3. The van der Waals surface area contributed by atoms with E-state index in [0.29, 0.717) is 19.6 Å². The van der Waals surface area contributed by atoms with E-state index in [0.717, 1.165) is 54.9 Å².